The van der Waals surface area contributed by atoms with Crippen LogP contribution >= 0.6 is 0 Å². The van der Waals surface area contributed by atoms with Crippen LogP contribution in [0.1, 0.15) is 18.3 Å². The van der Waals surface area contributed by atoms with Gasteiger partial charge in [-0.15, -0.1) is 5.10 Å². The van der Waals surface area contributed by atoms with Gasteiger partial charge in [0.25, 0.3) is 0 Å². The molecule has 6 nitrogen and oxygen atoms in total. The van der Waals surface area contributed by atoms with Gasteiger partial charge >= 0.3 is 6.18 Å². The highest BCUT2D eigenvalue weighted by molar-refractivity contribution is 5.53. The number of tetrazole rings is 1. The van der Waals surface area contributed by atoms with Gasteiger partial charge in [0, 0.05) is 31.9 Å². The Hall–Kier alpha value is -2.16. The van der Waals surface area contributed by atoms with Crippen LogP contribution in [0.4, 0.5) is 18.9 Å². The zero-order valence-electron chi connectivity index (χ0n) is 13.5. The first-order chi connectivity index (χ1) is 11.3. The number of para-hydroxylation sites is 1. The molecule has 0 bridgehead atoms. The van der Waals surface area contributed by atoms with Gasteiger partial charge in [0.2, 0.25) is 0 Å². The van der Waals surface area contributed by atoms with E-state index in [4.69, 9.17) is 0 Å². The Balaban J connectivity index is 1.82. The van der Waals surface area contributed by atoms with Crippen molar-refractivity contribution >= 4 is 5.69 Å². The van der Waals surface area contributed by atoms with Crippen LogP contribution < -0.4 is 4.90 Å². The van der Waals surface area contributed by atoms with Crippen LogP contribution in [0.25, 0.3) is 0 Å². The first kappa shape index (κ1) is 16.7. The zero-order chi connectivity index (χ0) is 17.3. The number of hydrogen-bond donors (Lipinski definition) is 0. The maximum Gasteiger partial charge on any atom is 0.408 e. The normalized spacial score (nSPS) is 19.2. The van der Waals surface area contributed by atoms with Crippen LogP contribution in [0.5, 0.6) is 0 Å². The van der Waals surface area contributed by atoms with Crippen molar-refractivity contribution in [2.24, 2.45) is 0 Å². The summed E-state index contributed by atoms with van der Waals surface area (Å²) in [6.07, 6.45) is -4.35. The first-order valence-corrected chi connectivity index (χ1v) is 7.68. The standard InChI is InChI=1S/C15H19F3N6/c1-11-7-22(2)13-6-4-3-5-12(13)8-23(11)9-14-19-20-21-24(14)10-15(16,17)18/h3-6,11H,7-10H2,1-2H3/t11-/m1/s1. The van der Waals surface area contributed by atoms with E-state index >= 15 is 0 Å². The Labute approximate surface area is 137 Å². The zero-order valence-corrected chi connectivity index (χ0v) is 13.5. The molecule has 1 aliphatic rings. The van der Waals surface area contributed by atoms with Gasteiger partial charge in [0.05, 0.1) is 6.54 Å². The molecular formula is C15H19F3N6. The van der Waals surface area contributed by atoms with Crippen LogP contribution in [0, 0.1) is 0 Å². The molecule has 130 valence electrons. The summed E-state index contributed by atoms with van der Waals surface area (Å²) in [6.45, 7) is 2.57. The van der Waals surface area contributed by atoms with E-state index in [0.29, 0.717) is 6.54 Å². The minimum atomic E-state index is -4.35. The van der Waals surface area contributed by atoms with Crippen LogP contribution in [-0.2, 0) is 19.6 Å². The molecule has 9 heteroatoms. The molecule has 1 atom stereocenters. The van der Waals surface area contributed by atoms with Gasteiger partial charge in [-0.05, 0) is 29.0 Å². The molecular weight excluding hydrogens is 321 g/mol. The second-order valence-corrected chi connectivity index (χ2v) is 6.13. The number of likely N-dealkylation sites (N-methyl/N-ethyl adjacent to an activating group) is 1. The second kappa shape index (κ2) is 6.39. The van der Waals surface area contributed by atoms with Gasteiger partial charge < -0.3 is 4.90 Å². The first-order valence-electron chi connectivity index (χ1n) is 7.68. The van der Waals surface area contributed by atoms with Gasteiger partial charge in [-0.2, -0.15) is 13.2 Å². The van der Waals surface area contributed by atoms with Gasteiger partial charge in [-0.3, -0.25) is 4.90 Å². The molecule has 1 aromatic heterocycles. The topological polar surface area (TPSA) is 50.1 Å². The Kier molecular flexibility index (Phi) is 4.44. The van der Waals surface area contributed by atoms with Crippen LogP contribution in [0.15, 0.2) is 24.3 Å². The third kappa shape index (κ3) is 3.66. The molecule has 2 heterocycles. The number of rotatable bonds is 3. The number of aromatic nitrogens is 4. The largest absolute Gasteiger partial charge is 0.408 e. The summed E-state index contributed by atoms with van der Waals surface area (Å²) in [5.41, 5.74) is 2.28. The van der Waals surface area contributed by atoms with Crippen LogP contribution in [0.2, 0.25) is 0 Å². The number of nitrogens with zero attached hydrogens (tertiary/aromatic N) is 6. The van der Waals surface area contributed by atoms with E-state index in [1.54, 1.807) is 0 Å². The fraction of sp³-hybridized carbons (Fsp3) is 0.533. The lowest BCUT2D eigenvalue weighted by Gasteiger charge is -2.27. The molecule has 0 amide bonds. The van der Waals surface area contributed by atoms with E-state index in [2.05, 4.69) is 38.3 Å². The summed E-state index contributed by atoms with van der Waals surface area (Å²) in [5, 5.41) is 10.7. The quantitative estimate of drug-likeness (QED) is 0.856. The third-order valence-electron chi connectivity index (χ3n) is 4.22. The lowest BCUT2D eigenvalue weighted by atomic mass is 10.1. The van der Waals surface area contributed by atoms with Crippen molar-refractivity contribution in [1.29, 1.82) is 0 Å². The van der Waals surface area contributed by atoms with Crippen molar-refractivity contribution < 1.29 is 13.2 Å². The Morgan fingerprint density at radius 2 is 2.00 bits per heavy atom. The smallest absolute Gasteiger partial charge is 0.373 e. The van der Waals surface area contributed by atoms with Crippen molar-refractivity contribution in [3.05, 3.63) is 35.7 Å². The number of benzene rings is 1. The van der Waals surface area contributed by atoms with Crippen molar-refractivity contribution in [1.82, 2.24) is 25.1 Å². The highest BCUT2D eigenvalue weighted by Crippen LogP contribution is 2.27. The van der Waals surface area contributed by atoms with E-state index in [1.165, 1.54) is 0 Å². The highest BCUT2D eigenvalue weighted by Gasteiger charge is 2.31. The molecule has 0 radical (unpaired) electrons. The summed E-state index contributed by atoms with van der Waals surface area (Å²) in [5.74, 6) is 0.223. The molecule has 0 spiro atoms. The van der Waals surface area contributed by atoms with Gasteiger partial charge in [-0.25, -0.2) is 4.68 Å². The Morgan fingerprint density at radius 1 is 1.25 bits per heavy atom. The molecule has 0 unspecified atom stereocenters. The average molecular weight is 340 g/mol. The number of halogens is 3. The fourth-order valence-corrected chi connectivity index (χ4v) is 3.02. The Bertz CT molecular complexity index is 699. The summed E-state index contributed by atoms with van der Waals surface area (Å²) in [6, 6.07) is 8.20. The lowest BCUT2D eigenvalue weighted by molar-refractivity contribution is -0.143. The van der Waals surface area contributed by atoms with Crippen LogP contribution in [-0.4, -0.2) is 50.9 Å². The van der Waals surface area contributed by atoms with Crippen molar-refractivity contribution in [2.45, 2.75) is 38.8 Å². The van der Waals surface area contributed by atoms with Crippen molar-refractivity contribution in [3.63, 3.8) is 0 Å². The molecule has 1 aliphatic heterocycles. The summed E-state index contributed by atoms with van der Waals surface area (Å²) in [7, 11) is 2.02. The predicted molar refractivity (Wildman–Crippen MR) is 82.3 cm³/mol. The van der Waals surface area contributed by atoms with Crippen LogP contribution in [0.3, 0.4) is 0 Å². The predicted octanol–water partition coefficient (Wildman–Crippen LogP) is 2.08. The second-order valence-electron chi connectivity index (χ2n) is 6.13. The molecule has 0 N–H and O–H groups in total. The van der Waals surface area contributed by atoms with E-state index in [1.807, 2.05) is 25.2 Å². The van der Waals surface area contributed by atoms with E-state index in [9.17, 15) is 13.2 Å². The van der Waals surface area contributed by atoms with Crippen molar-refractivity contribution in [3.8, 4) is 0 Å². The van der Waals surface area contributed by atoms with E-state index in [0.717, 1.165) is 22.5 Å². The summed E-state index contributed by atoms with van der Waals surface area (Å²) in [4.78, 5) is 4.26. The summed E-state index contributed by atoms with van der Waals surface area (Å²) >= 11 is 0. The molecule has 0 saturated heterocycles. The van der Waals surface area contributed by atoms with Gasteiger partial charge in [0.15, 0.2) is 5.82 Å². The summed E-state index contributed by atoms with van der Waals surface area (Å²) < 4.78 is 38.7. The van der Waals surface area contributed by atoms with Gasteiger partial charge in [-0.1, -0.05) is 18.2 Å². The molecule has 1 aromatic carbocycles. The van der Waals surface area contributed by atoms with Gasteiger partial charge in [0.1, 0.15) is 6.54 Å². The van der Waals surface area contributed by atoms with E-state index in [-0.39, 0.29) is 18.4 Å². The van der Waals surface area contributed by atoms with Crippen molar-refractivity contribution in [2.75, 3.05) is 18.5 Å². The SMILES string of the molecule is C[C@@H]1CN(C)c2ccccc2CN1Cc1nnnn1CC(F)(F)F. The number of fused-ring (bicyclic) bond motifs is 1. The fourth-order valence-electron chi connectivity index (χ4n) is 3.02. The van der Waals surface area contributed by atoms with E-state index < -0.39 is 12.7 Å². The molecule has 2 aromatic rings. The highest BCUT2D eigenvalue weighted by atomic mass is 19.4. The number of anilines is 1. The molecule has 0 aliphatic carbocycles. The maximum atomic E-state index is 12.6. The molecule has 3 rings (SSSR count). The minimum Gasteiger partial charge on any atom is -0.373 e. The lowest BCUT2D eigenvalue weighted by Crippen LogP contribution is -2.38. The molecule has 24 heavy (non-hydrogen) atoms. The average Bonchev–Trinajstić information content (AvgIpc) is 2.86. The number of alkyl halides is 3. The number of hydrogen-bond acceptors (Lipinski definition) is 5. The molecule has 0 saturated carbocycles. The Morgan fingerprint density at radius 3 is 2.75 bits per heavy atom. The minimum absolute atomic E-state index is 0.151. The molecule has 0 fully saturated rings. The third-order valence-corrected chi connectivity index (χ3v) is 4.22. The maximum absolute atomic E-state index is 12.6. The monoisotopic (exact) mass is 340 g/mol.